The Hall–Kier alpha value is -0.940. The normalized spacial score (nSPS) is 12.8. The van der Waals surface area contributed by atoms with Gasteiger partial charge in [-0.1, -0.05) is 27.7 Å². The molecule has 0 aliphatic rings. The van der Waals surface area contributed by atoms with Gasteiger partial charge >= 0.3 is 0 Å². The summed E-state index contributed by atoms with van der Waals surface area (Å²) < 4.78 is 3.35. The van der Waals surface area contributed by atoms with Gasteiger partial charge in [0.25, 0.3) is 0 Å². The Labute approximate surface area is 103 Å². The third-order valence-electron chi connectivity index (χ3n) is 3.37. The van der Waals surface area contributed by atoms with Gasteiger partial charge in [0.05, 0.1) is 11.8 Å². The predicted octanol–water partition coefficient (Wildman–Crippen LogP) is 0.199. The van der Waals surface area contributed by atoms with E-state index in [-0.39, 0.29) is 18.4 Å². The molecule has 5 nitrogen and oxygen atoms in total. The average molecular weight is 242 g/mol. The molecule has 0 saturated carbocycles. The summed E-state index contributed by atoms with van der Waals surface area (Å²) in [6.45, 7) is 8.50. The molecule has 98 valence electrons. The van der Waals surface area contributed by atoms with Crippen LogP contribution in [0, 0.1) is 11.8 Å². The van der Waals surface area contributed by atoms with Crippen LogP contribution in [-0.4, -0.2) is 26.7 Å². The number of hydrogen-bond donors (Lipinski definition) is 2. The molecular formula is C12H24N3O2+. The lowest BCUT2D eigenvalue weighted by molar-refractivity contribution is -0.756. The second-order valence-electron chi connectivity index (χ2n) is 5.15. The van der Waals surface area contributed by atoms with Crippen LogP contribution in [0.5, 0.6) is 0 Å². The van der Waals surface area contributed by atoms with E-state index in [2.05, 4.69) is 5.21 Å². The Bertz CT molecular complexity index is 364. The van der Waals surface area contributed by atoms with Crippen LogP contribution < -0.4 is 4.68 Å². The Kier molecular flexibility index (Phi) is 4.27. The summed E-state index contributed by atoms with van der Waals surface area (Å²) in [6.07, 6.45) is 1.82. The minimum Gasteiger partial charge on any atom is -0.392 e. The molecule has 0 aromatic carbocycles. The van der Waals surface area contributed by atoms with Gasteiger partial charge in [0.1, 0.15) is 19.2 Å². The van der Waals surface area contributed by atoms with Crippen molar-refractivity contribution >= 4 is 0 Å². The fourth-order valence-corrected chi connectivity index (χ4v) is 2.30. The third kappa shape index (κ3) is 2.50. The van der Waals surface area contributed by atoms with Crippen LogP contribution in [-0.2, 0) is 19.2 Å². The van der Waals surface area contributed by atoms with Crippen molar-refractivity contribution in [2.75, 3.05) is 6.61 Å². The van der Waals surface area contributed by atoms with Crippen molar-refractivity contribution in [3.05, 3.63) is 11.9 Å². The van der Waals surface area contributed by atoms with E-state index < -0.39 is 5.60 Å². The molecule has 0 atom stereocenters. The monoisotopic (exact) mass is 242 g/mol. The maximum atomic E-state index is 10.9. The van der Waals surface area contributed by atoms with Gasteiger partial charge in [-0.05, 0) is 11.8 Å². The number of hydrogen-bond acceptors (Lipinski definition) is 3. The van der Waals surface area contributed by atoms with Crippen LogP contribution in [0.1, 0.15) is 33.4 Å². The molecule has 0 unspecified atom stereocenters. The van der Waals surface area contributed by atoms with E-state index in [1.165, 1.54) is 0 Å². The van der Waals surface area contributed by atoms with Crippen LogP contribution in [0.3, 0.4) is 0 Å². The first-order chi connectivity index (χ1) is 7.83. The zero-order chi connectivity index (χ0) is 13.2. The first-order valence-corrected chi connectivity index (χ1v) is 6.11. The fourth-order valence-electron chi connectivity index (χ4n) is 2.30. The van der Waals surface area contributed by atoms with Gasteiger partial charge in [0.2, 0.25) is 0 Å². The molecule has 1 aromatic heterocycles. The summed E-state index contributed by atoms with van der Waals surface area (Å²) in [6, 6.07) is 0. The molecule has 1 aromatic rings. The SMILES string of the molecule is CC(C)C(O)(c1c[n+](CCO)nn1C)C(C)C. The van der Waals surface area contributed by atoms with Gasteiger partial charge in [-0.25, -0.2) is 0 Å². The molecule has 1 heterocycles. The maximum Gasteiger partial charge on any atom is 0.199 e. The highest BCUT2D eigenvalue weighted by atomic mass is 16.3. The summed E-state index contributed by atoms with van der Waals surface area (Å²) in [5.41, 5.74) is -0.112. The van der Waals surface area contributed by atoms with E-state index in [1.54, 1.807) is 9.36 Å². The molecular weight excluding hydrogens is 218 g/mol. The van der Waals surface area contributed by atoms with E-state index in [0.29, 0.717) is 6.54 Å². The molecule has 2 N–H and O–H groups in total. The summed E-state index contributed by atoms with van der Waals surface area (Å²) >= 11 is 0. The van der Waals surface area contributed by atoms with Crippen molar-refractivity contribution in [1.29, 1.82) is 0 Å². The minimum absolute atomic E-state index is 0.0445. The molecule has 0 aliphatic carbocycles. The van der Waals surface area contributed by atoms with Crippen LogP contribution in [0.4, 0.5) is 0 Å². The number of aliphatic hydroxyl groups excluding tert-OH is 1. The second-order valence-corrected chi connectivity index (χ2v) is 5.15. The van der Waals surface area contributed by atoms with E-state index >= 15 is 0 Å². The van der Waals surface area contributed by atoms with Crippen molar-refractivity contribution in [2.45, 2.75) is 39.8 Å². The van der Waals surface area contributed by atoms with E-state index in [0.717, 1.165) is 5.69 Å². The Morgan fingerprint density at radius 3 is 2.29 bits per heavy atom. The van der Waals surface area contributed by atoms with Crippen molar-refractivity contribution in [1.82, 2.24) is 9.90 Å². The summed E-state index contributed by atoms with van der Waals surface area (Å²) in [4.78, 5) is 0. The minimum atomic E-state index is -0.900. The van der Waals surface area contributed by atoms with Crippen LogP contribution in [0.15, 0.2) is 6.20 Å². The first kappa shape index (κ1) is 14.1. The van der Waals surface area contributed by atoms with Gasteiger partial charge in [-0.2, -0.15) is 0 Å². The van der Waals surface area contributed by atoms with Crippen LogP contribution in [0.2, 0.25) is 0 Å². The molecule has 0 aliphatic heterocycles. The Balaban J connectivity index is 3.19. The van der Waals surface area contributed by atoms with E-state index in [4.69, 9.17) is 5.11 Å². The van der Waals surface area contributed by atoms with Gasteiger partial charge < -0.3 is 10.2 Å². The highest BCUT2D eigenvalue weighted by Crippen LogP contribution is 2.35. The van der Waals surface area contributed by atoms with E-state index in [1.807, 2.05) is 40.9 Å². The molecule has 1 rings (SSSR count). The van der Waals surface area contributed by atoms with Crippen LogP contribution in [0.25, 0.3) is 0 Å². The topological polar surface area (TPSA) is 62.2 Å². The second kappa shape index (κ2) is 5.14. The molecule has 5 heteroatoms. The molecule has 0 radical (unpaired) electrons. The van der Waals surface area contributed by atoms with Crippen LogP contribution >= 0.6 is 0 Å². The number of aromatic nitrogens is 3. The molecule has 0 saturated heterocycles. The van der Waals surface area contributed by atoms with Gasteiger partial charge in [-0.3, -0.25) is 0 Å². The van der Waals surface area contributed by atoms with Crippen molar-refractivity contribution < 1.29 is 14.9 Å². The number of aliphatic hydroxyl groups is 2. The highest BCUT2D eigenvalue weighted by Gasteiger charge is 2.43. The molecule has 0 spiro atoms. The Morgan fingerprint density at radius 2 is 1.88 bits per heavy atom. The number of rotatable bonds is 5. The van der Waals surface area contributed by atoms with Crippen molar-refractivity contribution in [3.8, 4) is 0 Å². The van der Waals surface area contributed by atoms with Gasteiger partial charge in [-0.15, -0.1) is 9.36 Å². The summed E-state index contributed by atoms with van der Waals surface area (Å²) in [5.74, 6) is 0.195. The standard InChI is InChI=1S/C12H24N3O2/c1-9(2)12(17,10(3)4)11-8-15(6-7-16)13-14(11)5/h8-10,16-17H,6-7H2,1-5H3/q+1. The predicted molar refractivity (Wildman–Crippen MR) is 64.1 cm³/mol. The fraction of sp³-hybridized carbons (Fsp3) is 0.833. The highest BCUT2D eigenvalue weighted by molar-refractivity contribution is 5.08. The van der Waals surface area contributed by atoms with Crippen molar-refractivity contribution in [3.63, 3.8) is 0 Å². The Morgan fingerprint density at radius 1 is 1.35 bits per heavy atom. The third-order valence-corrected chi connectivity index (χ3v) is 3.37. The first-order valence-electron chi connectivity index (χ1n) is 6.11. The lowest BCUT2D eigenvalue weighted by Gasteiger charge is -2.33. The summed E-state index contributed by atoms with van der Waals surface area (Å²) in [5, 5.41) is 24.0. The molecule has 0 bridgehead atoms. The lowest BCUT2D eigenvalue weighted by Crippen LogP contribution is -2.40. The lowest BCUT2D eigenvalue weighted by atomic mass is 9.78. The van der Waals surface area contributed by atoms with Gasteiger partial charge in [0, 0.05) is 0 Å². The quantitative estimate of drug-likeness (QED) is 0.725. The maximum absolute atomic E-state index is 10.9. The number of aryl methyl sites for hydroxylation is 1. The number of nitrogens with zero attached hydrogens (tertiary/aromatic N) is 3. The van der Waals surface area contributed by atoms with Gasteiger partial charge in [0.15, 0.2) is 11.9 Å². The summed E-state index contributed by atoms with van der Waals surface area (Å²) in [7, 11) is 1.82. The zero-order valence-corrected chi connectivity index (χ0v) is 11.4. The van der Waals surface area contributed by atoms with E-state index in [9.17, 15) is 5.11 Å². The zero-order valence-electron chi connectivity index (χ0n) is 11.4. The average Bonchev–Trinajstić information content (AvgIpc) is 2.58. The molecule has 17 heavy (non-hydrogen) atoms. The largest absolute Gasteiger partial charge is 0.392 e. The van der Waals surface area contributed by atoms with Crippen molar-refractivity contribution in [2.24, 2.45) is 18.9 Å². The molecule has 0 amide bonds. The smallest absolute Gasteiger partial charge is 0.199 e. The molecule has 0 fully saturated rings.